The van der Waals surface area contributed by atoms with Crippen molar-refractivity contribution in [1.82, 2.24) is 41.0 Å². The van der Waals surface area contributed by atoms with Gasteiger partial charge in [-0.05, 0) is 97.5 Å². The Balaban J connectivity index is 1.87. The SMILES string of the molecule is CC[C@H](C)[C@H](NC(=O)C(C)(C)N(C)C)C(=O)N(C)[C@H](CC(OC(C)=O)c1nc(C(=O)N[C@@H](Cc2ccc(O)c(NC(=O)CCCN3C(=O)C=CC3=O)c2)CC(C)C(=O)NCCNC(=O)OC(C)(C)C)cs1)C(C)C. The van der Waals surface area contributed by atoms with Gasteiger partial charge in [0.15, 0.2) is 6.10 Å². The number of rotatable bonds is 27. The normalized spacial score (nSPS) is 15.2. The van der Waals surface area contributed by atoms with E-state index in [0.29, 0.717) is 17.0 Å². The Morgan fingerprint density at radius 3 is 2.11 bits per heavy atom. The number of aromatic hydroxyl groups is 1. The molecule has 0 saturated carbocycles. The van der Waals surface area contributed by atoms with Crippen molar-refractivity contribution in [2.45, 2.75) is 150 Å². The Morgan fingerprint density at radius 1 is 0.892 bits per heavy atom. The summed E-state index contributed by atoms with van der Waals surface area (Å²) >= 11 is 1.09. The summed E-state index contributed by atoms with van der Waals surface area (Å²) < 4.78 is 11.1. The molecule has 2 unspecified atom stereocenters. The monoisotopic (exact) mass is 1050 g/mol. The number of esters is 1. The van der Waals surface area contributed by atoms with Gasteiger partial charge < -0.3 is 46.1 Å². The zero-order valence-corrected chi connectivity index (χ0v) is 46.3. The first-order valence-corrected chi connectivity index (χ1v) is 25.9. The zero-order chi connectivity index (χ0) is 55.8. The first-order valence-electron chi connectivity index (χ1n) is 25.0. The van der Waals surface area contributed by atoms with Crippen molar-refractivity contribution in [3.63, 3.8) is 0 Å². The number of amides is 8. The van der Waals surface area contributed by atoms with E-state index in [0.717, 1.165) is 28.4 Å². The van der Waals surface area contributed by atoms with Crippen LogP contribution < -0.4 is 26.6 Å². The number of thiazole rings is 1. The van der Waals surface area contributed by atoms with Crippen LogP contribution in [0.2, 0.25) is 0 Å². The number of phenols is 1. The van der Waals surface area contributed by atoms with Gasteiger partial charge >= 0.3 is 12.1 Å². The van der Waals surface area contributed by atoms with Gasteiger partial charge in [-0.1, -0.05) is 47.1 Å². The number of anilines is 1. The minimum Gasteiger partial charge on any atom is -0.506 e. The van der Waals surface area contributed by atoms with Gasteiger partial charge in [0.25, 0.3) is 17.7 Å². The molecule has 0 spiro atoms. The maximum atomic E-state index is 14.3. The van der Waals surface area contributed by atoms with Crippen molar-refractivity contribution in [2.24, 2.45) is 17.8 Å². The highest BCUT2D eigenvalue weighted by atomic mass is 32.1. The lowest BCUT2D eigenvalue weighted by atomic mass is 9.92. The van der Waals surface area contributed by atoms with Gasteiger partial charge in [-0.2, -0.15) is 0 Å². The number of benzene rings is 1. The van der Waals surface area contributed by atoms with Gasteiger partial charge in [-0.25, -0.2) is 9.78 Å². The molecule has 410 valence electrons. The smallest absolute Gasteiger partial charge is 0.407 e. The number of nitrogens with one attached hydrogen (secondary N) is 5. The fraction of sp³-hybridized carbons (Fsp3) is 0.615. The largest absolute Gasteiger partial charge is 0.506 e. The summed E-state index contributed by atoms with van der Waals surface area (Å²) in [5.41, 5.74) is -0.954. The Kier molecular flexibility index (Phi) is 23.2. The standard InChI is InChI=1S/C52H79N9O12S/c1-15-31(4)44(58-49(70)52(10,11)59(12)13)48(69)60(14)38(30(2)3)28-40(72-33(6)62)47-57-37(29-74-47)46(68)55-35(25-32(5)45(67)53-22-23-54-50(71)73-51(7,8)9)26-34-18-19-39(63)36(27-34)56-41(64)17-16-24-61-42(65)20-21-43(61)66/h18-21,27,29-32,35,38,40,44,63H,15-17,22-26,28H2,1-14H3,(H,53,67)(H,54,71)(H,55,68)(H,56,64)(H,58,70)/t31-,32?,35+,38+,40?,44-/m0/s1. The topological polar surface area (TPSA) is 275 Å². The maximum absolute atomic E-state index is 14.3. The van der Waals surface area contributed by atoms with Crippen molar-refractivity contribution in [2.75, 3.05) is 46.1 Å². The van der Waals surface area contributed by atoms with E-state index in [9.17, 15) is 48.3 Å². The quantitative estimate of drug-likeness (QED) is 0.0302. The van der Waals surface area contributed by atoms with Crippen LogP contribution in [0.15, 0.2) is 35.7 Å². The highest BCUT2D eigenvalue weighted by Gasteiger charge is 2.39. The van der Waals surface area contributed by atoms with Gasteiger partial charge in [0.2, 0.25) is 23.6 Å². The summed E-state index contributed by atoms with van der Waals surface area (Å²) in [6.07, 6.45) is 1.80. The molecule has 74 heavy (non-hydrogen) atoms. The second-order valence-corrected chi connectivity index (χ2v) is 21.7. The van der Waals surface area contributed by atoms with Gasteiger partial charge in [0.05, 0.1) is 11.2 Å². The molecule has 0 radical (unpaired) electrons. The number of hydrogen-bond acceptors (Lipinski definition) is 15. The van der Waals surface area contributed by atoms with Crippen LogP contribution in [0, 0.1) is 17.8 Å². The lowest BCUT2D eigenvalue weighted by Crippen LogP contribution is -2.60. The molecule has 0 fully saturated rings. The molecule has 1 aromatic carbocycles. The number of likely N-dealkylation sites (N-methyl/N-ethyl adjacent to an activating group) is 2. The summed E-state index contributed by atoms with van der Waals surface area (Å²) in [4.78, 5) is 126. The molecule has 1 aliphatic rings. The predicted molar refractivity (Wildman–Crippen MR) is 280 cm³/mol. The molecule has 0 aliphatic carbocycles. The number of imide groups is 1. The molecule has 2 aromatic rings. The first-order chi connectivity index (χ1) is 34.4. The number of aromatic nitrogens is 1. The van der Waals surface area contributed by atoms with E-state index in [4.69, 9.17) is 9.47 Å². The third kappa shape index (κ3) is 18.8. The third-order valence-electron chi connectivity index (χ3n) is 12.9. The van der Waals surface area contributed by atoms with Crippen molar-refractivity contribution < 1.29 is 57.7 Å². The molecule has 1 aliphatic heterocycles. The van der Waals surface area contributed by atoms with Gasteiger partial charge in [0, 0.05) is 82.0 Å². The van der Waals surface area contributed by atoms with Crippen LogP contribution in [-0.2, 0) is 49.5 Å². The highest BCUT2D eigenvalue weighted by Crippen LogP contribution is 2.32. The Labute approximate surface area is 439 Å². The molecule has 0 saturated heterocycles. The van der Waals surface area contributed by atoms with Crippen LogP contribution in [0.25, 0.3) is 0 Å². The molecule has 2 heterocycles. The number of ether oxygens (including phenoxy) is 2. The van der Waals surface area contributed by atoms with E-state index in [1.807, 2.05) is 27.7 Å². The molecule has 6 atom stereocenters. The second kappa shape index (κ2) is 27.8. The average molecular weight is 1050 g/mol. The number of nitrogens with zero attached hydrogens (tertiary/aromatic N) is 4. The van der Waals surface area contributed by atoms with Crippen LogP contribution in [0.4, 0.5) is 10.5 Å². The van der Waals surface area contributed by atoms with Crippen LogP contribution in [0.5, 0.6) is 5.75 Å². The van der Waals surface area contributed by atoms with E-state index >= 15 is 0 Å². The summed E-state index contributed by atoms with van der Waals surface area (Å²) in [5, 5.41) is 26.6. The van der Waals surface area contributed by atoms with E-state index in [1.165, 1.54) is 24.4 Å². The van der Waals surface area contributed by atoms with E-state index in [2.05, 4.69) is 31.6 Å². The Hall–Kier alpha value is -6.42. The minimum atomic E-state index is -0.969. The number of carbonyl (C=O) groups excluding carboxylic acids is 9. The van der Waals surface area contributed by atoms with Gasteiger partial charge in [-0.3, -0.25) is 48.2 Å². The fourth-order valence-electron chi connectivity index (χ4n) is 7.81. The van der Waals surface area contributed by atoms with E-state index in [-0.39, 0.29) is 98.4 Å². The van der Waals surface area contributed by atoms with Crippen molar-refractivity contribution in [1.29, 1.82) is 0 Å². The molecule has 8 amide bonds. The third-order valence-corrected chi connectivity index (χ3v) is 13.8. The number of carbonyl (C=O) groups is 9. The molecular formula is C52H79N9O12S. The molecule has 6 N–H and O–H groups in total. The molecule has 22 heteroatoms. The zero-order valence-electron chi connectivity index (χ0n) is 45.5. The van der Waals surface area contributed by atoms with Crippen LogP contribution in [0.1, 0.15) is 135 Å². The van der Waals surface area contributed by atoms with Gasteiger partial charge in [-0.15, -0.1) is 11.3 Å². The lowest BCUT2D eigenvalue weighted by Gasteiger charge is -2.38. The summed E-state index contributed by atoms with van der Waals surface area (Å²) in [6, 6.07) is 2.45. The minimum absolute atomic E-state index is 0.00201. The molecule has 3 rings (SSSR count). The summed E-state index contributed by atoms with van der Waals surface area (Å²) in [5.74, 6) is -4.85. The number of alkyl carbamates (subject to hydrolysis) is 1. The fourth-order valence-corrected chi connectivity index (χ4v) is 8.64. The highest BCUT2D eigenvalue weighted by molar-refractivity contribution is 7.09. The maximum Gasteiger partial charge on any atom is 0.407 e. The number of phenolic OH excluding ortho intramolecular Hbond substituents is 1. The molecule has 0 bridgehead atoms. The Morgan fingerprint density at radius 2 is 1.53 bits per heavy atom. The second-order valence-electron chi connectivity index (χ2n) is 20.9. The lowest BCUT2D eigenvalue weighted by molar-refractivity contribution is -0.149. The molecular weight excluding hydrogens is 975 g/mol. The van der Waals surface area contributed by atoms with Crippen molar-refractivity contribution in [3.05, 3.63) is 52.0 Å². The summed E-state index contributed by atoms with van der Waals surface area (Å²) in [6.45, 7) is 19.6. The molecule has 21 nitrogen and oxygen atoms in total. The molecule has 1 aromatic heterocycles. The van der Waals surface area contributed by atoms with Crippen LogP contribution in [-0.4, -0.2) is 148 Å². The summed E-state index contributed by atoms with van der Waals surface area (Å²) in [7, 11) is 5.24. The van der Waals surface area contributed by atoms with Crippen molar-refractivity contribution in [3.8, 4) is 5.75 Å². The van der Waals surface area contributed by atoms with E-state index in [1.54, 1.807) is 78.6 Å². The van der Waals surface area contributed by atoms with Crippen LogP contribution >= 0.6 is 11.3 Å². The van der Waals surface area contributed by atoms with Gasteiger partial charge in [0.1, 0.15) is 28.1 Å². The number of hydrogen-bond donors (Lipinski definition) is 6. The Bertz CT molecular complexity index is 2340. The van der Waals surface area contributed by atoms with Crippen LogP contribution in [0.3, 0.4) is 0 Å². The average Bonchev–Trinajstić information content (AvgIpc) is 3.93. The predicted octanol–water partition coefficient (Wildman–Crippen LogP) is 4.85. The van der Waals surface area contributed by atoms with E-state index < -0.39 is 77.0 Å². The van der Waals surface area contributed by atoms with Crippen molar-refractivity contribution >= 4 is 70.4 Å². The first kappa shape index (κ1) is 61.9.